The topological polar surface area (TPSA) is 58.6 Å². The Morgan fingerprint density at radius 2 is 1.89 bits per heavy atom. The second-order valence-electron chi connectivity index (χ2n) is 5.28. The van der Waals surface area contributed by atoms with Crippen LogP contribution in [-0.2, 0) is 14.3 Å². The minimum absolute atomic E-state index is 0.0453. The number of piperidine rings is 1. The van der Waals surface area contributed by atoms with Gasteiger partial charge in [-0.15, -0.1) is 0 Å². The summed E-state index contributed by atoms with van der Waals surface area (Å²) in [6.07, 6.45) is 2.38. The van der Waals surface area contributed by atoms with Crippen LogP contribution in [0, 0.1) is 0 Å². The van der Waals surface area contributed by atoms with E-state index >= 15 is 0 Å². The first-order valence-corrected chi connectivity index (χ1v) is 7.22. The van der Waals surface area contributed by atoms with Crippen LogP contribution in [-0.4, -0.2) is 48.6 Å². The molecule has 0 bridgehead atoms. The van der Waals surface area contributed by atoms with E-state index in [0.717, 1.165) is 25.9 Å². The Balaban J connectivity index is 2.18. The van der Waals surface area contributed by atoms with Gasteiger partial charge in [0.15, 0.2) is 0 Å². The van der Waals surface area contributed by atoms with E-state index < -0.39 is 0 Å². The van der Waals surface area contributed by atoms with Crippen molar-refractivity contribution in [3.8, 4) is 0 Å². The highest BCUT2D eigenvalue weighted by molar-refractivity contribution is 5.81. The van der Waals surface area contributed by atoms with E-state index in [1.54, 1.807) is 6.92 Å². The standard InChI is InChI=1S/C14H26N2O3/c1-4-19-14(18)6-5-13(17)15-12-7-9-16(10-8-12)11(2)3/h11-12H,4-10H2,1-3H3,(H,15,17). The highest BCUT2D eigenvalue weighted by atomic mass is 16.5. The van der Waals surface area contributed by atoms with E-state index in [9.17, 15) is 9.59 Å². The first-order valence-electron chi connectivity index (χ1n) is 7.22. The smallest absolute Gasteiger partial charge is 0.306 e. The normalized spacial score (nSPS) is 17.5. The molecule has 0 aromatic carbocycles. The van der Waals surface area contributed by atoms with Crippen molar-refractivity contribution in [1.29, 1.82) is 0 Å². The zero-order valence-electron chi connectivity index (χ0n) is 12.3. The summed E-state index contributed by atoms with van der Waals surface area (Å²) in [6.45, 7) is 8.58. The van der Waals surface area contributed by atoms with Crippen molar-refractivity contribution in [3.63, 3.8) is 0 Å². The average molecular weight is 270 g/mol. The molecule has 1 fully saturated rings. The van der Waals surface area contributed by atoms with Crippen LogP contribution < -0.4 is 5.32 Å². The van der Waals surface area contributed by atoms with Gasteiger partial charge < -0.3 is 15.0 Å². The van der Waals surface area contributed by atoms with Crippen LogP contribution in [0.1, 0.15) is 46.5 Å². The SMILES string of the molecule is CCOC(=O)CCC(=O)NC1CCN(C(C)C)CC1. The number of hydrogen-bond acceptors (Lipinski definition) is 4. The average Bonchev–Trinajstić information content (AvgIpc) is 2.37. The third kappa shape index (κ3) is 6.05. The van der Waals surface area contributed by atoms with Crippen molar-refractivity contribution in [3.05, 3.63) is 0 Å². The fourth-order valence-corrected chi connectivity index (χ4v) is 2.31. The van der Waals surface area contributed by atoms with E-state index in [-0.39, 0.29) is 30.8 Å². The maximum absolute atomic E-state index is 11.7. The molecule has 1 rings (SSSR count). The molecule has 1 N–H and O–H groups in total. The van der Waals surface area contributed by atoms with Crippen molar-refractivity contribution in [2.45, 2.75) is 58.5 Å². The van der Waals surface area contributed by atoms with Gasteiger partial charge in [0.1, 0.15) is 0 Å². The molecule has 5 heteroatoms. The van der Waals surface area contributed by atoms with Crippen LogP contribution >= 0.6 is 0 Å². The summed E-state index contributed by atoms with van der Waals surface area (Å²) < 4.78 is 4.80. The van der Waals surface area contributed by atoms with Crippen molar-refractivity contribution in [2.75, 3.05) is 19.7 Å². The van der Waals surface area contributed by atoms with E-state index in [0.29, 0.717) is 12.6 Å². The van der Waals surface area contributed by atoms with Crippen LogP contribution in [0.5, 0.6) is 0 Å². The van der Waals surface area contributed by atoms with Crippen molar-refractivity contribution >= 4 is 11.9 Å². The lowest BCUT2D eigenvalue weighted by Gasteiger charge is -2.34. The molecule has 0 unspecified atom stereocenters. The number of nitrogens with zero attached hydrogens (tertiary/aromatic N) is 1. The minimum atomic E-state index is -0.299. The summed E-state index contributed by atoms with van der Waals surface area (Å²) in [5, 5.41) is 3.00. The number of carbonyl (C=O) groups excluding carboxylic acids is 2. The summed E-state index contributed by atoms with van der Waals surface area (Å²) in [4.78, 5) is 25.3. The van der Waals surface area contributed by atoms with Crippen molar-refractivity contribution in [2.24, 2.45) is 0 Å². The van der Waals surface area contributed by atoms with Gasteiger partial charge in [-0.05, 0) is 33.6 Å². The molecule has 0 saturated carbocycles. The van der Waals surface area contributed by atoms with Gasteiger partial charge in [0.25, 0.3) is 0 Å². The first-order chi connectivity index (χ1) is 9.02. The number of likely N-dealkylation sites (tertiary alicyclic amines) is 1. The molecule has 0 aliphatic carbocycles. The summed E-state index contributed by atoms with van der Waals surface area (Å²) in [7, 11) is 0. The first kappa shape index (κ1) is 16.0. The molecule has 110 valence electrons. The van der Waals surface area contributed by atoms with Gasteiger partial charge in [-0.3, -0.25) is 9.59 Å². The van der Waals surface area contributed by atoms with E-state index in [1.165, 1.54) is 0 Å². The molecule has 1 amide bonds. The largest absolute Gasteiger partial charge is 0.466 e. The van der Waals surface area contributed by atoms with Gasteiger partial charge in [-0.1, -0.05) is 0 Å². The Labute approximate surface area is 115 Å². The van der Waals surface area contributed by atoms with Crippen LogP contribution in [0.15, 0.2) is 0 Å². The Bertz CT molecular complexity index is 297. The van der Waals surface area contributed by atoms with Gasteiger partial charge in [0, 0.05) is 31.6 Å². The summed E-state index contributed by atoms with van der Waals surface area (Å²) in [5.41, 5.74) is 0. The summed E-state index contributed by atoms with van der Waals surface area (Å²) in [5.74, 6) is -0.344. The molecule has 1 aliphatic rings. The molecule has 0 spiro atoms. The van der Waals surface area contributed by atoms with Gasteiger partial charge in [-0.25, -0.2) is 0 Å². The van der Waals surface area contributed by atoms with Crippen LogP contribution in [0.25, 0.3) is 0 Å². The second kappa shape index (κ2) is 8.15. The van der Waals surface area contributed by atoms with E-state index in [2.05, 4.69) is 24.1 Å². The van der Waals surface area contributed by atoms with E-state index in [4.69, 9.17) is 4.74 Å². The maximum atomic E-state index is 11.7. The highest BCUT2D eigenvalue weighted by Gasteiger charge is 2.22. The number of hydrogen-bond donors (Lipinski definition) is 1. The van der Waals surface area contributed by atoms with Gasteiger partial charge >= 0.3 is 5.97 Å². The molecule has 0 aromatic rings. The number of carbonyl (C=O) groups is 2. The predicted molar refractivity (Wildman–Crippen MR) is 73.7 cm³/mol. The highest BCUT2D eigenvalue weighted by Crippen LogP contribution is 2.13. The van der Waals surface area contributed by atoms with Crippen molar-refractivity contribution in [1.82, 2.24) is 10.2 Å². The molecule has 5 nitrogen and oxygen atoms in total. The van der Waals surface area contributed by atoms with Gasteiger partial charge in [0.05, 0.1) is 13.0 Å². The molecule has 1 heterocycles. The quantitative estimate of drug-likeness (QED) is 0.740. The van der Waals surface area contributed by atoms with Crippen LogP contribution in [0.2, 0.25) is 0 Å². The molecule has 0 atom stereocenters. The third-order valence-corrected chi connectivity index (χ3v) is 3.49. The lowest BCUT2D eigenvalue weighted by atomic mass is 10.0. The lowest BCUT2D eigenvalue weighted by molar-refractivity contribution is -0.144. The zero-order chi connectivity index (χ0) is 14.3. The number of rotatable bonds is 6. The predicted octanol–water partition coefficient (Wildman–Crippen LogP) is 1.32. The minimum Gasteiger partial charge on any atom is -0.466 e. The van der Waals surface area contributed by atoms with Crippen LogP contribution in [0.4, 0.5) is 0 Å². The molecule has 1 aliphatic heterocycles. The lowest BCUT2D eigenvalue weighted by Crippen LogP contribution is -2.46. The second-order valence-corrected chi connectivity index (χ2v) is 5.28. The third-order valence-electron chi connectivity index (χ3n) is 3.49. The molecule has 1 saturated heterocycles. The number of ether oxygens (including phenoxy) is 1. The Morgan fingerprint density at radius 3 is 2.42 bits per heavy atom. The monoisotopic (exact) mass is 270 g/mol. The zero-order valence-corrected chi connectivity index (χ0v) is 12.3. The molecular weight excluding hydrogens is 244 g/mol. The Kier molecular flexibility index (Phi) is 6.84. The Morgan fingerprint density at radius 1 is 1.26 bits per heavy atom. The summed E-state index contributed by atoms with van der Waals surface area (Å²) >= 11 is 0. The molecule has 19 heavy (non-hydrogen) atoms. The maximum Gasteiger partial charge on any atom is 0.306 e. The number of esters is 1. The number of nitrogens with one attached hydrogen (secondary N) is 1. The van der Waals surface area contributed by atoms with Gasteiger partial charge in [0.2, 0.25) is 5.91 Å². The summed E-state index contributed by atoms with van der Waals surface area (Å²) in [6, 6.07) is 0.824. The van der Waals surface area contributed by atoms with Crippen molar-refractivity contribution < 1.29 is 14.3 Å². The fraction of sp³-hybridized carbons (Fsp3) is 0.857. The molecular formula is C14H26N2O3. The molecule has 0 radical (unpaired) electrons. The van der Waals surface area contributed by atoms with Gasteiger partial charge in [-0.2, -0.15) is 0 Å². The van der Waals surface area contributed by atoms with E-state index in [1.807, 2.05) is 0 Å². The Hall–Kier alpha value is -1.10. The molecule has 0 aromatic heterocycles. The number of amides is 1. The van der Waals surface area contributed by atoms with Crippen LogP contribution in [0.3, 0.4) is 0 Å². The fourth-order valence-electron chi connectivity index (χ4n) is 2.31.